The van der Waals surface area contributed by atoms with Gasteiger partial charge in [-0.2, -0.15) is 0 Å². The maximum absolute atomic E-state index is 16.4. The Kier molecular flexibility index (Phi) is 15.4. The average molecular weight is 1150 g/mol. The molecule has 0 saturated heterocycles. The number of pyridine rings is 3. The molecule has 83 heavy (non-hydrogen) atoms. The summed E-state index contributed by atoms with van der Waals surface area (Å²) in [5, 5.41) is -1.03. The molecule has 9 aromatic rings. The minimum absolute atomic E-state index is 0.0219. The highest BCUT2D eigenvalue weighted by molar-refractivity contribution is 7.48. The molecule has 12 rings (SSSR count). The van der Waals surface area contributed by atoms with Crippen molar-refractivity contribution in [2.24, 2.45) is 17.8 Å². The Bertz CT molecular complexity index is 3750. The fourth-order valence-electron chi connectivity index (χ4n) is 9.96. The molecule has 20 heteroatoms. The molecule has 0 spiro atoms. The second kappa shape index (κ2) is 23.1. The summed E-state index contributed by atoms with van der Waals surface area (Å²) in [7, 11) is -0.685. The van der Waals surface area contributed by atoms with Gasteiger partial charge in [-0.3, -0.25) is 28.0 Å². The van der Waals surface area contributed by atoms with E-state index in [1.165, 1.54) is 71.8 Å². The zero-order valence-corrected chi connectivity index (χ0v) is 46.5. The van der Waals surface area contributed by atoms with Crippen molar-refractivity contribution in [3.63, 3.8) is 0 Å². The fraction of sp³-hybridized carbons (Fsp3) is 0.286. The van der Waals surface area contributed by atoms with Gasteiger partial charge in [0, 0.05) is 35.3 Å². The maximum Gasteiger partial charge on any atom is 0.480 e. The van der Waals surface area contributed by atoms with Crippen molar-refractivity contribution in [2.75, 3.05) is 41.2 Å². The van der Waals surface area contributed by atoms with Crippen LogP contribution in [0.5, 0.6) is 34.5 Å². The molecule has 3 heterocycles. The van der Waals surface area contributed by atoms with Crippen LogP contribution in [0, 0.1) is 35.2 Å². The molecular formula is C63H57F3N3O13P. The lowest BCUT2D eigenvalue weighted by atomic mass is 10.0. The van der Waals surface area contributed by atoms with Crippen LogP contribution in [0.15, 0.2) is 142 Å². The zero-order chi connectivity index (χ0) is 57.5. The molecule has 0 amide bonds. The van der Waals surface area contributed by atoms with Gasteiger partial charge in [0.15, 0.2) is 16.3 Å². The van der Waals surface area contributed by atoms with Gasteiger partial charge in [0.25, 0.3) is 0 Å². The quantitative estimate of drug-likeness (QED) is 0.0525. The van der Waals surface area contributed by atoms with Crippen molar-refractivity contribution in [2.45, 2.75) is 58.7 Å². The first-order chi connectivity index (χ1) is 40.3. The van der Waals surface area contributed by atoms with Crippen LogP contribution in [0.4, 0.5) is 13.2 Å². The summed E-state index contributed by atoms with van der Waals surface area (Å²) in [5.74, 6) is 0.0908. The Morgan fingerprint density at radius 3 is 0.916 bits per heavy atom. The Balaban J connectivity index is 1.01. The largest absolute Gasteiger partial charge is 0.497 e. The smallest absolute Gasteiger partial charge is 0.480 e. The Morgan fingerprint density at radius 2 is 0.675 bits per heavy atom. The van der Waals surface area contributed by atoms with Gasteiger partial charge in [0.1, 0.15) is 72.1 Å². The summed E-state index contributed by atoms with van der Waals surface area (Å²) in [6.45, 7) is -1.42. The molecular weight excluding hydrogens is 1090 g/mol. The van der Waals surface area contributed by atoms with E-state index in [0.717, 1.165) is 56.7 Å². The molecule has 16 nitrogen and oxygen atoms in total. The van der Waals surface area contributed by atoms with Crippen LogP contribution in [0.1, 0.15) is 38.5 Å². The van der Waals surface area contributed by atoms with Crippen molar-refractivity contribution in [3.05, 3.63) is 176 Å². The zero-order valence-electron chi connectivity index (χ0n) is 45.6. The normalized spacial score (nSPS) is 14.3. The number of aromatic nitrogens is 3. The van der Waals surface area contributed by atoms with Crippen molar-refractivity contribution in [3.8, 4) is 67.9 Å². The number of halogens is 3. The summed E-state index contributed by atoms with van der Waals surface area (Å²) >= 11 is 0. The third-order valence-electron chi connectivity index (χ3n) is 15.2. The lowest BCUT2D eigenvalue weighted by molar-refractivity contribution is 0.0560. The second-order valence-electron chi connectivity index (χ2n) is 21.0. The van der Waals surface area contributed by atoms with E-state index < -0.39 is 61.8 Å². The number of hydrogen-bond donors (Lipinski definition) is 0. The number of methoxy groups -OCH3 is 3. The van der Waals surface area contributed by atoms with E-state index in [2.05, 4.69) is 0 Å². The first kappa shape index (κ1) is 55.2. The van der Waals surface area contributed by atoms with Crippen molar-refractivity contribution in [1.82, 2.24) is 13.7 Å². The number of phosphoric acid groups is 1. The van der Waals surface area contributed by atoms with E-state index in [9.17, 15) is 14.4 Å². The van der Waals surface area contributed by atoms with Gasteiger partial charge in [0.2, 0.25) is 0 Å². The number of nitrogens with zero attached hydrogens (tertiary/aromatic N) is 3. The van der Waals surface area contributed by atoms with E-state index in [1.54, 1.807) is 72.8 Å². The van der Waals surface area contributed by atoms with Crippen LogP contribution < -0.4 is 44.7 Å². The van der Waals surface area contributed by atoms with Crippen LogP contribution in [0.2, 0.25) is 0 Å². The van der Waals surface area contributed by atoms with E-state index in [-0.39, 0.29) is 104 Å². The molecule has 3 aliphatic rings. The van der Waals surface area contributed by atoms with Crippen LogP contribution >= 0.6 is 7.82 Å². The molecule has 428 valence electrons. The van der Waals surface area contributed by atoms with Gasteiger partial charge in [-0.25, -0.2) is 17.7 Å². The van der Waals surface area contributed by atoms with Crippen LogP contribution in [-0.4, -0.2) is 54.9 Å². The van der Waals surface area contributed by atoms with Crippen molar-refractivity contribution < 1.29 is 59.7 Å². The standard InChI is InChI=1S/C63H57F3N3O13P/c1-74-43-16-10-40(11-17-43)46-28-67(58-52(77-31-37-4-5-37)25-22-49(64)55(58)61(46)70)34-80-83(73,81-35-68-29-47(41-12-18-44(75-2)19-13-41)62(71)56-50(65)23-26-53(59(56)68)78-32-38-6-7-38)82-36-69-30-48(42-14-20-45(76-3)21-15-42)63(72)57-51(66)24-27-54(60(57)69)79-33-39-8-9-39/h10-30,37-39H,4-9,31-36H2,1-3H3. The lowest BCUT2D eigenvalue weighted by Gasteiger charge is -2.24. The number of ether oxygens (including phenoxy) is 6. The summed E-state index contributed by atoms with van der Waals surface area (Å²) in [6, 6.07) is 27.3. The first-order valence-electron chi connectivity index (χ1n) is 27.2. The van der Waals surface area contributed by atoms with Gasteiger partial charge in [-0.05, 0) is 146 Å². The van der Waals surface area contributed by atoms with Gasteiger partial charge in [0.05, 0.1) is 73.9 Å². The highest BCUT2D eigenvalue weighted by atomic mass is 31.2. The second-order valence-corrected chi connectivity index (χ2v) is 22.7. The first-order valence-corrected chi connectivity index (χ1v) is 28.7. The SMILES string of the molecule is COc1ccc(-c2cn(COP(=O)(OCn3cc(-c4ccc(OC)cc4)c(=O)c4c(F)ccc(OCC5CC5)c43)OCn3cc(-c4ccc(OC)cc4)c(=O)c4c(F)ccc(OCC5CC5)c43)c3c(OCC4CC4)ccc(F)c3c2=O)cc1. The number of hydrogen-bond acceptors (Lipinski definition) is 13. The van der Waals surface area contributed by atoms with E-state index >= 15 is 17.7 Å². The van der Waals surface area contributed by atoms with E-state index in [0.29, 0.717) is 33.9 Å². The molecule has 3 aromatic heterocycles. The molecule has 3 saturated carbocycles. The summed E-state index contributed by atoms with van der Waals surface area (Å²) in [6.07, 6.45) is 9.82. The van der Waals surface area contributed by atoms with E-state index in [4.69, 9.17) is 42.0 Å². The molecule has 0 bridgehead atoms. The van der Waals surface area contributed by atoms with E-state index in [1.807, 2.05) is 0 Å². The third kappa shape index (κ3) is 11.6. The molecule has 0 unspecified atom stereocenters. The molecule has 0 radical (unpaired) electrons. The lowest BCUT2D eigenvalue weighted by Crippen LogP contribution is -2.19. The average Bonchev–Trinajstić information content (AvgIpc) is 4.49. The van der Waals surface area contributed by atoms with Gasteiger partial charge < -0.3 is 42.1 Å². The third-order valence-corrected chi connectivity index (χ3v) is 16.5. The molecule has 6 aromatic carbocycles. The highest BCUT2D eigenvalue weighted by Gasteiger charge is 2.33. The number of rotatable bonds is 24. The highest BCUT2D eigenvalue weighted by Crippen LogP contribution is 2.52. The molecule has 3 aliphatic carbocycles. The van der Waals surface area contributed by atoms with Gasteiger partial charge in [-0.1, -0.05) is 36.4 Å². The number of phosphoric ester groups is 1. The minimum Gasteiger partial charge on any atom is -0.497 e. The number of benzene rings is 6. The summed E-state index contributed by atoms with van der Waals surface area (Å²) in [4.78, 5) is 43.6. The summed E-state index contributed by atoms with van der Waals surface area (Å²) in [5.41, 5.74) is -0.780. The number of fused-ring (bicyclic) bond motifs is 3. The Morgan fingerprint density at radius 1 is 0.410 bits per heavy atom. The summed E-state index contributed by atoms with van der Waals surface area (Å²) < 4.78 is 123. The molecule has 0 aliphatic heterocycles. The minimum atomic E-state index is -5.17. The Labute approximate surface area is 473 Å². The van der Waals surface area contributed by atoms with Gasteiger partial charge in [-0.15, -0.1) is 0 Å². The topological polar surface area (TPSA) is 166 Å². The van der Waals surface area contributed by atoms with Crippen molar-refractivity contribution >= 4 is 40.5 Å². The fourth-order valence-corrected chi connectivity index (χ4v) is 11.0. The predicted octanol–water partition coefficient (Wildman–Crippen LogP) is 12.9. The maximum atomic E-state index is 16.4. The van der Waals surface area contributed by atoms with Crippen LogP contribution in [-0.2, 0) is 38.3 Å². The van der Waals surface area contributed by atoms with Crippen LogP contribution in [0.25, 0.3) is 66.1 Å². The molecule has 0 atom stereocenters. The van der Waals surface area contributed by atoms with Crippen molar-refractivity contribution in [1.29, 1.82) is 0 Å². The van der Waals surface area contributed by atoms with Gasteiger partial charge >= 0.3 is 7.82 Å². The monoisotopic (exact) mass is 1150 g/mol. The van der Waals surface area contributed by atoms with Crippen LogP contribution in [0.3, 0.4) is 0 Å². The predicted molar refractivity (Wildman–Crippen MR) is 306 cm³/mol. The molecule has 0 N–H and O–H groups in total. The Hall–Kier alpha value is -8.35. The molecule has 3 fully saturated rings.